The van der Waals surface area contributed by atoms with Gasteiger partial charge in [0.05, 0.1) is 5.92 Å². The number of aromatic nitrogens is 1. The van der Waals surface area contributed by atoms with E-state index in [9.17, 15) is 17.6 Å². The van der Waals surface area contributed by atoms with E-state index in [1.807, 2.05) is 31.2 Å². The van der Waals surface area contributed by atoms with Crippen LogP contribution in [0.25, 0.3) is 12.2 Å². The highest BCUT2D eigenvalue weighted by Crippen LogP contribution is 2.29. The lowest BCUT2D eigenvalue weighted by Crippen LogP contribution is -2.43. The molecular weight excluding hydrogens is 457 g/mol. The molecule has 1 atom stereocenters. The smallest absolute Gasteiger partial charge is 0.248 e. The molecule has 7 nitrogen and oxygen atoms in total. The predicted octanol–water partition coefficient (Wildman–Crippen LogP) is 4.64. The number of rotatable bonds is 6. The van der Waals surface area contributed by atoms with Gasteiger partial charge in [-0.1, -0.05) is 47.1 Å². The lowest BCUT2D eigenvalue weighted by molar-refractivity contribution is -0.120. The topological polar surface area (TPSA) is 92.5 Å². The second kappa shape index (κ2) is 9.90. The Bertz CT molecular complexity index is 1320. The molecule has 0 aliphatic carbocycles. The van der Waals surface area contributed by atoms with Crippen molar-refractivity contribution < 1.29 is 22.1 Å². The van der Waals surface area contributed by atoms with Crippen LogP contribution in [0.3, 0.4) is 0 Å². The molecule has 1 amide bonds. The molecule has 0 spiro atoms. The molecule has 1 N–H and O–H groups in total. The van der Waals surface area contributed by atoms with Crippen LogP contribution in [-0.2, 0) is 14.8 Å². The average molecular weight is 484 g/mol. The van der Waals surface area contributed by atoms with Gasteiger partial charge >= 0.3 is 0 Å². The highest BCUT2D eigenvalue weighted by Gasteiger charge is 2.37. The molecule has 0 bridgehead atoms. The molecule has 34 heavy (non-hydrogen) atoms. The SMILES string of the molecule is Cc1ccc(/C=C/c2onc(C)c2S(=O)(=O)N2CCC[C@H](C(=O)Nc3cccc(F)c3)C2)cc1. The van der Waals surface area contributed by atoms with Gasteiger partial charge in [0.2, 0.25) is 15.9 Å². The van der Waals surface area contributed by atoms with E-state index in [4.69, 9.17) is 4.52 Å². The van der Waals surface area contributed by atoms with E-state index in [1.54, 1.807) is 25.1 Å². The quantitative estimate of drug-likeness (QED) is 0.551. The zero-order valence-corrected chi connectivity index (χ0v) is 19.8. The Hall–Kier alpha value is -3.30. The van der Waals surface area contributed by atoms with Crippen molar-refractivity contribution in [2.75, 3.05) is 18.4 Å². The number of hydrogen-bond acceptors (Lipinski definition) is 5. The molecule has 1 fully saturated rings. The molecule has 0 unspecified atom stereocenters. The third kappa shape index (κ3) is 5.26. The van der Waals surface area contributed by atoms with Gasteiger partial charge in [0.25, 0.3) is 0 Å². The molecule has 0 saturated carbocycles. The largest absolute Gasteiger partial charge is 0.355 e. The highest BCUT2D eigenvalue weighted by molar-refractivity contribution is 7.89. The lowest BCUT2D eigenvalue weighted by Gasteiger charge is -2.31. The number of anilines is 1. The van der Waals surface area contributed by atoms with Gasteiger partial charge in [-0.3, -0.25) is 4.79 Å². The van der Waals surface area contributed by atoms with Gasteiger partial charge in [-0.2, -0.15) is 4.31 Å². The van der Waals surface area contributed by atoms with Crippen molar-refractivity contribution in [1.82, 2.24) is 9.46 Å². The number of sulfonamides is 1. The minimum absolute atomic E-state index is 0.00190. The Morgan fingerprint density at radius 3 is 2.68 bits per heavy atom. The summed E-state index contributed by atoms with van der Waals surface area (Å²) in [6, 6.07) is 13.4. The van der Waals surface area contributed by atoms with E-state index in [-0.39, 0.29) is 35.3 Å². The van der Waals surface area contributed by atoms with Crippen molar-refractivity contribution in [2.45, 2.75) is 31.6 Å². The Morgan fingerprint density at radius 2 is 1.94 bits per heavy atom. The number of carbonyl (C=O) groups excluding carboxylic acids is 1. The molecule has 3 aromatic rings. The van der Waals surface area contributed by atoms with Crippen LogP contribution in [0.4, 0.5) is 10.1 Å². The van der Waals surface area contributed by atoms with Gasteiger partial charge < -0.3 is 9.84 Å². The van der Waals surface area contributed by atoms with E-state index < -0.39 is 21.8 Å². The molecule has 1 saturated heterocycles. The molecule has 4 rings (SSSR count). The van der Waals surface area contributed by atoms with Gasteiger partial charge in [0.1, 0.15) is 11.5 Å². The summed E-state index contributed by atoms with van der Waals surface area (Å²) in [5.41, 5.74) is 2.62. The second-order valence-corrected chi connectivity index (χ2v) is 10.3. The van der Waals surface area contributed by atoms with Crippen molar-refractivity contribution in [3.63, 3.8) is 0 Å². The van der Waals surface area contributed by atoms with Crippen LogP contribution in [0.1, 0.15) is 35.4 Å². The van der Waals surface area contributed by atoms with Crippen LogP contribution in [0.15, 0.2) is 57.9 Å². The molecular formula is C25H26FN3O4S. The van der Waals surface area contributed by atoms with Crippen LogP contribution in [0, 0.1) is 25.6 Å². The van der Waals surface area contributed by atoms with Crippen LogP contribution < -0.4 is 5.32 Å². The van der Waals surface area contributed by atoms with Gasteiger partial charge in [0.15, 0.2) is 10.7 Å². The fourth-order valence-corrected chi connectivity index (χ4v) is 5.74. The highest BCUT2D eigenvalue weighted by atomic mass is 32.2. The Morgan fingerprint density at radius 1 is 1.18 bits per heavy atom. The van der Waals surface area contributed by atoms with E-state index in [2.05, 4.69) is 10.5 Å². The second-order valence-electron chi connectivity index (χ2n) is 8.41. The van der Waals surface area contributed by atoms with Crippen LogP contribution in [-0.4, -0.2) is 36.9 Å². The minimum Gasteiger partial charge on any atom is -0.355 e. The number of aryl methyl sites for hydroxylation is 2. The summed E-state index contributed by atoms with van der Waals surface area (Å²) in [7, 11) is -3.95. The van der Waals surface area contributed by atoms with E-state index >= 15 is 0 Å². The lowest BCUT2D eigenvalue weighted by atomic mass is 9.99. The summed E-state index contributed by atoms with van der Waals surface area (Å²) in [5.74, 6) is -1.21. The van der Waals surface area contributed by atoms with E-state index in [0.29, 0.717) is 18.5 Å². The maximum absolute atomic E-state index is 13.5. The van der Waals surface area contributed by atoms with Crippen molar-refractivity contribution >= 4 is 33.8 Å². The molecule has 1 aliphatic heterocycles. The van der Waals surface area contributed by atoms with Gasteiger partial charge in [-0.15, -0.1) is 0 Å². The van der Waals surface area contributed by atoms with Crippen molar-refractivity contribution in [3.05, 3.63) is 76.9 Å². The van der Waals surface area contributed by atoms with Crippen molar-refractivity contribution in [1.29, 1.82) is 0 Å². The average Bonchev–Trinajstić information content (AvgIpc) is 3.20. The van der Waals surface area contributed by atoms with Crippen LogP contribution in [0.5, 0.6) is 0 Å². The third-order valence-corrected chi connectivity index (χ3v) is 7.81. The van der Waals surface area contributed by atoms with Crippen molar-refractivity contribution in [3.8, 4) is 0 Å². The number of benzene rings is 2. The first-order chi connectivity index (χ1) is 16.2. The summed E-state index contributed by atoms with van der Waals surface area (Å²) in [6.07, 6.45) is 4.43. The molecule has 178 valence electrons. The van der Waals surface area contributed by atoms with Crippen LogP contribution >= 0.6 is 0 Å². The minimum atomic E-state index is -3.95. The number of carbonyl (C=O) groups is 1. The fourth-order valence-electron chi connectivity index (χ4n) is 3.96. The molecule has 2 heterocycles. The van der Waals surface area contributed by atoms with Gasteiger partial charge in [0, 0.05) is 18.8 Å². The maximum Gasteiger partial charge on any atom is 0.248 e. The van der Waals surface area contributed by atoms with E-state index in [0.717, 1.165) is 11.1 Å². The number of amides is 1. The zero-order valence-electron chi connectivity index (χ0n) is 19.0. The van der Waals surface area contributed by atoms with Gasteiger partial charge in [-0.05, 0) is 56.5 Å². The first kappa shape index (κ1) is 23.8. The van der Waals surface area contributed by atoms with Gasteiger partial charge in [-0.25, -0.2) is 12.8 Å². The first-order valence-corrected chi connectivity index (χ1v) is 12.5. The first-order valence-electron chi connectivity index (χ1n) is 11.0. The summed E-state index contributed by atoms with van der Waals surface area (Å²) >= 11 is 0. The molecule has 2 aromatic carbocycles. The number of nitrogens with zero attached hydrogens (tertiary/aromatic N) is 2. The van der Waals surface area contributed by atoms with E-state index in [1.165, 1.54) is 22.5 Å². The number of hydrogen-bond donors (Lipinski definition) is 1. The Balaban J connectivity index is 1.53. The number of halogens is 1. The summed E-state index contributed by atoms with van der Waals surface area (Å²) in [4.78, 5) is 12.8. The summed E-state index contributed by atoms with van der Waals surface area (Å²) < 4.78 is 47.1. The molecule has 1 aliphatic rings. The predicted molar refractivity (Wildman–Crippen MR) is 128 cm³/mol. The summed E-state index contributed by atoms with van der Waals surface area (Å²) in [6.45, 7) is 3.88. The standard InChI is InChI=1S/C25H26FN3O4S/c1-17-8-10-19(11-9-17)12-13-23-24(18(2)28-33-23)34(31,32)29-14-4-5-20(16-29)25(30)27-22-7-3-6-21(26)15-22/h3,6-13,15,20H,4-5,14,16H2,1-2H3,(H,27,30)/b13-12+/t20-/m0/s1. The Labute approximate surface area is 198 Å². The fraction of sp³-hybridized carbons (Fsp3) is 0.280. The molecule has 1 aromatic heterocycles. The maximum atomic E-state index is 13.5. The number of piperidine rings is 1. The monoisotopic (exact) mass is 483 g/mol. The third-order valence-electron chi connectivity index (χ3n) is 5.78. The zero-order chi connectivity index (χ0) is 24.3. The molecule has 9 heteroatoms. The van der Waals surface area contributed by atoms with Crippen LogP contribution in [0.2, 0.25) is 0 Å². The Kier molecular flexibility index (Phi) is 6.95. The van der Waals surface area contributed by atoms with Crippen molar-refractivity contribution in [2.24, 2.45) is 5.92 Å². The number of nitrogens with one attached hydrogen (secondary N) is 1. The summed E-state index contributed by atoms with van der Waals surface area (Å²) in [5, 5.41) is 6.56. The normalized spacial score (nSPS) is 17.2. The molecule has 0 radical (unpaired) electrons.